The standard InChI is InChI=1S/C22H29N3.C6H5F/c1-3-24-13-10-20(11-14-24)25-15-9-18-7-8-19(16-22(18)25)17(2)21-6-4-5-12-23-21;7-6-4-2-1-3-5-6/h4-8,12,16-17,20H,3,9-11,13-15H2,1-2H3;1-5H. The predicted octanol–water partition coefficient (Wildman–Crippen LogP) is 5.91. The van der Waals surface area contributed by atoms with Gasteiger partial charge in [-0.2, -0.15) is 0 Å². The topological polar surface area (TPSA) is 19.4 Å². The maximum absolute atomic E-state index is 11.9. The van der Waals surface area contributed by atoms with Gasteiger partial charge in [-0.25, -0.2) is 4.39 Å². The summed E-state index contributed by atoms with van der Waals surface area (Å²) >= 11 is 0. The Kier molecular flexibility index (Phi) is 7.54. The highest BCUT2D eigenvalue weighted by Gasteiger charge is 2.29. The van der Waals surface area contributed by atoms with E-state index in [0.29, 0.717) is 12.0 Å². The Labute approximate surface area is 191 Å². The number of fused-ring (bicyclic) bond motifs is 1. The molecule has 0 aliphatic carbocycles. The lowest BCUT2D eigenvalue weighted by atomic mass is 9.95. The number of hydrogen-bond acceptors (Lipinski definition) is 3. The highest BCUT2D eigenvalue weighted by Crippen LogP contribution is 2.36. The van der Waals surface area contributed by atoms with Crippen LogP contribution in [0.3, 0.4) is 0 Å². The Balaban J connectivity index is 0.000000300. The molecular formula is C28H34FN3. The van der Waals surface area contributed by atoms with Gasteiger partial charge in [-0.3, -0.25) is 4.98 Å². The lowest BCUT2D eigenvalue weighted by Crippen LogP contribution is -2.44. The van der Waals surface area contributed by atoms with Gasteiger partial charge in [0.25, 0.3) is 0 Å². The second-order valence-corrected chi connectivity index (χ2v) is 8.77. The number of piperidine rings is 1. The molecule has 2 aliphatic rings. The Bertz CT molecular complexity index is 968. The summed E-state index contributed by atoms with van der Waals surface area (Å²) in [6, 6.07) is 22.0. The summed E-state index contributed by atoms with van der Waals surface area (Å²) in [5.74, 6) is 0.165. The smallest absolute Gasteiger partial charge is 0.123 e. The second-order valence-electron chi connectivity index (χ2n) is 8.77. The van der Waals surface area contributed by atoms with Crippen molar-refractivity contribution in [3.05, 3.63) is 95.6 Å². The molecule has 1 saturated heterocycles. The number of hydrogen-bond donors (Lipinski definition) is 0. The first kappa shape index (κ1) is 22.5. The fourth-order valence-corrected chi connectivity index (χ4v) is 4.83. The molecule has 32 heavy (non-hydrogen) atoms. The first-order valence-corrected chi connectivity index (χ1v) is 11.9. The van der Waals surface area contributed by atoms with Crippen LogP contribution < -0.4 is 4.90 Å². The normalized spacial score (nSPS) is 17.4. The molecule has 2 aliphatic heterocycles. The van der Waals surface area contributed by atoms with Crippen LogP contribution in [0, 0.1) is 5.82 Å². The van der Waals surface area contributed by atoms with Crippen molar-refractivity contribution in [2.24, 2.45) is 0 Å². The predicted molar refractivity (Wildman–Crippen MR) is 131 cm³/mol. The van der Waals surface area contributed by atoms with Gasteiger partial charge in [-0.1, -0.05) is 50.2 Å². The van der Waals surface area contributed by atoms with Crippen LogP contribution in [0.1, 0.15) is 49.4 Å². The fraction of sp³-hybridized carbons (Fsp3) is 0.393. The van der Waals surface area contributed by atoms with Gasteiger partial charge in [0.15, 0.2) is 0 Å². The van der Waals surface area contributed by atoms with Gasteiger partial charge in [0.2, 0.25) is 0 Å². The SMILES string of the molecule is CCN1CCC(N2CCc3ccc(C(C)c4ccccn4)cc32)CC1.Fc1ccccc1. The van der Waals surface area contributed by atoms with Crippen LogP contribution in [0.2, 0.25) is 0 Å². The summed E-state index contributed by atoms with van der Waals surface area (Å²) in [5, 5.41) is 0. The van der Waals surface area contributed by atoms with Crippen LogP contribution in [0.15, 0.2) is 72.9 Å². The average Bonchev–Trinajstić information content (AvgIpc) is 3.28. The maximum Gasteiger partial charge on any atom is 0.123 e. The van der Waals surface area contributed by atoms with Crippen molar-refractivity contribution in [2.45, 2.75) is 45.1 Å². The summed E-state index contributed by atoms with van der Waals surface area (Å²) in [5.41, 5.74) is 5.55. The largest absolute Gasteiger partial charge is 0.368 e. The molecule has 0 amide bonds. The van der Waals surface area contributed by atoms with Crippen LogP contribution in [-0.2, 0) is 6.42 Å². The van der Waals surface area contributed by atoms with Crippen LogP contribution in [-0.4, -0.2) is 42.1 Å². The first-order valence-electron chi connectivity index (χ1n) is 11.9. The first-order chi connectivity index (χ1) is 15.7. The summed E-state index contributed by atoms with van der Waals surface area (Å²) in [6.07, 6.45) is 5.69. The Morgan fingerprint density at radius 1 is 0.969 bits per heavy atom. The molecule has 0 N–H and O–H groups in total. The van der Waals surface area contributed by atoms with Crippen molar-refractivity contribution in [3.63, 3.8) is 0 Å². The van der Waals surface area contributed by atoms with Crippen LogP contribution in [0.4, 0.5) is 10.1 Å². The molecule has 1 atom stereocenters. The molecule has 1 fully saturated rings. The number of rotatable bonds is 4. The molecule has 0 bridgehead atoms. The number of halogens is 1. The molecule has 4 heteroatoms. The van der Waals surface area contributed by atoms with Gasteiger partial charge >= 0.3 is 0 Å². The fourth-order valence-electron chi connectivity index (χ4n) is 4.83. The Morgan fingerprint density at radius 3 is 2.34 bits per heavy atom. The molecule has 0 spiro atoms. The molecule has 3 nitrogen and oxygen atoms in total. The Morgan fingerprint density at radius 2 is 1.72 bits per heavy atom. The second kappa shape index (κ2) is 10.7. The average molecular weight is 432 g/mol. The number of aromatic nitrogens is 1. The van der Waals surface area contributed by atoms with E-state index in [4.69, 9.17) is 0 Å². The van der Waals surface area contributed by atoms with Gasteiger partial charge in [0.05, 0.1) is 0 Å². The van der Waals surface area contributed by atoms with Crippen molar-refractivity contribution in [1.82, 2.24) is 9.88 Å². The van der Waals surface area contributed by atoms with E-state index < -0.39 is 0 Å². The number of nitrogens with zero attached hydrogens (tertiary/aromatic N) is 3. The van der Waals surface area contributed by atoms with Crippen LogP contribution in [0.5, 0.6) is 0 Å². The summed E-state index contributed by atoms with van der Waals surface area (Å²) in [6.45, 7) is 9.41. The maximum atomic E-state index is 11.9. The summed E-state index contributed by atoms with van der Waals surface area (Å²) in [4.78, 5) is 9.82. The van der Waals surface area contributed by atoms with Gasteiger partial charge in [0.1, 0.15) is 5.82 Å². The number of likely N-dealkylation sites (tertiary alicyclic amines) is 1. The lowest BCUT2D eigenvalue weighted by Gasteiger charge is -2.38. The monoisotopic (exact) mass is 431 g/mol. The molecule has 3 aromatic rings. The zero-order valence-corrected chi connectivity index (χ0v) is 19.3. The zero-order chi connectivity index (χ0) is 22.3. The number of anilines is 1. The molecule has 0 saturated carbocycles. The third-order valence-electron chi connectivity index (χ3n) is 6.85. The van der Waals surface area contributed by atoms with Gasteiger partial charge in [-0.05, 0) is 67.3 Å². The molecule has 3 heterocycles. The molecule has 5 rings (SSSR count). The Hall–Kier alpha value is -2.72. The van der Waals surface area contributed by atoms with Gasteiger partial charge in [-0.15, -0.1) is 0 Å². The minimum absolute atomic E-state index is 0.178. The quantitative estimate of drug-likeness (QED) is 0.512. The van der Waals surface area contributed by atoms with Crippen molar-refractivity contribution < 1.29 is 4.39 Å². The van der Waals surface area contributed by atoms with Crippen molar-refractivity contribution in [3.8, 4) is 0 Å². The number of benzene rings is 2. The van der Waals surface area contributed by atoms with E-state index in [0.717, 1.165) is 5.69 Å². The summed E-state index contributed by atoms with van der Waals surface area (Å²) < 4.78 is 11.9. The summed E-state index contributed by atoms with van der Waals surface area (Å²) in [7, 11) is 0. The van der Waals surface area contributed by atoms with E-state index in [1.165, 1.54) is 74.4 Å². The van der Waals surface area contributed by atoms with Crippen molar-refractivity contribution in [2.75, 3.05) is 31.1 Å². The van der Waals surface area contributed by atoms with E-state index in [-0.39, 0.29) is 5.82 Å². The highest BCUT2D eigenvalue weighted by atomic mass is 19.1. The van der Waals surface area contributed by atoms with Crippen molar-refractivity contribution in [1.29, 1.82) is 0 Å². The minimum Gasteiger partial charge on any atom is -0.368 e. The minimum atomic E-state index is -0.178. The molecule has 2 aromatic carbocycles. The van der Waals surface area contributed by atoms with E-state index in [1.54, 1.807) is 18.2 Å². The van der Waals surface area contributed by atoms with E-state index in [1.807, 2.05) is 12.3 Å². The van der Waals surface area contributed by atoms with E-state index in [9.17, 15) is 4.39 Å². The van der Waals surface area contributed by atoms with Crippen LogP contribution in [0.25, 0.3) is 0 Å². The molecule has 168 valence electrons. The van der Waals surface area contributed by atoms with E-state index in [2.05, 4.69) is 59.0 Å². The molecule has 1 aromatic heterocycles. The van der Waals surface area contributed by atoms with Crippen LogP contribution >= 0.6 is 0 Å². The molecular weight excluding hydrogens is 397 g/mol. The lowest BCUT2D eigenvalue weighted by molar-refractivity contribution is 0.219. The van der Waals surface area contributed by atoms with Crippen molar-refractivity contribution >= 4 is 5.69 Å². The number of pyridine rings is 1. The van der Waals surface area contributed by atoms with E-state index >= 15 is 0 Å². The molecule has 1 unspecified atom stereocenters. The third kappa shape index (κ3) is 5.36. The van der Waals surface area contributed by atoms with Gasteiger partial charge < -0.3 is 9.80 Å². The molecule has 0 radical (unpaired) electrons. The van der Waals surface area contributed by atoms with Gasteiger partial charge in [0, 0.05) is 49.2 Å². The zero-order valence-electron chi connectivity index (χ0n) is 19.3. The highest BCUT2D eigenvalue weighted by molar-refractivity contribution is 5.61. The third-order valence-corrected chi connectivity index (χ3v) is 6.85.